The molecule has 0 spiro atoms. The lowest BCUT2D eigenvalue weighted by atomic mass is 10.2. The van der Waals surface area contributed by atoms with Crippen LogP contribution in [0.25, 0.3) is 0 Å². The molecule has 27 heavy (non-hydrogen) atoms. The minimum Gasteiger partial charge on any atom is -0.357 e. The van der Waals surface area contributed by atoms with Crippen molar-refractivity contribution in [1.29, 1.82) is 0 Å². The van der Waals surface area contributed by atoms with Gasteiger partial charge in [0.25, 0.3) is 0 Å². The van der Waals surface area contributed by atoms with Gasteiger partial charge in [-0.2, -0.15) is 13.2 Å². The van der Waals surface area contributed by atoms with Crippen LogP contribution >= 0.6 is 0 Å². The molecule has 0 radical (unpaired) electrons. The summed E-state index contributed by atoms with van der Waals surface area (Å²) in [5.74, 6) is 0.817. The Bertz CT molecular complexity index is 468. The van der Waals surface area contributed by atoms with Crippen LogP contribution in [-0.4, -0.2) is 116 Å². The lowest BCUT2D eigenvalue weighted by Crippen LogP contribution is -2.57. The number of rotatable bonds is 5. The predicted octanol–water partition coefficient (Wildman–Crippen LogP) is 1.16. The first-order valence-corrected chi connectivity index (χ1v) is 9.99. The molecular weight excluding hydrogens is 357 g/mol. The summed E-state index contributed by atoms with van der Waals surface area (Å²) >= 11 is 0. The van der Waals surface area contributed by atoms with Crippen molar-refractivity contribution in [2.75, 3.05) is 72.5 Å². The molecule has 2 heterocycles. The number of guanidine groups is 1. The molecule has 2 fully saturated rings. The van der Waals surface area contributed by atoms with Gasteiger partial charge < -0.3 is 15.1 Å². The average Bonchev–Trinajstić information content (AvgIpc) is 2.64. The van der Waals surface area contributed by atoms with Crippen LogP contribution in [-0.2, 0) is 0 Å². The second kappa shape index (κ2) is 9.93. The van der Waals surface area contributed by atoms with E-state index in [0.29, 0.717) is 38.8 Å². The molecule has 0 aliphatic carbocycles. The molecule has 0 amide bonds. The zero-order chi connectivity index (χ0) is 20.0. The van der Waals surface area contributed by atoms with Gasteiger partial charge in [0.1, 0.15) is 6.04 Å². The van der Waals surface area contributed by atoms with Crippen molar-refractivity contribution in [3.63, 3.8) is 0 Å². The van der Waals surface area contributed by atoms with Gasteiger partial charge in [0.2, 0.25) is 0 Å². The lowest BCUT2D eigenvalue weighted by Gasteiger charge is -2.40. The highest BCUT2D eigenvalue weighted by molar-refractivity contribution is 5.80. The van der Waals surface area contributed by atoms with E-state index >= 15 is 0 Å². The molecule has 9 heteroatoms. The molecule has 0 aromatic rings. The summed E-state index contributed by atoms with van der Waals surface area (Å²) in [6, 6.07) is -1.03. The maximum absolute atomic E-state index is 12.9. The Labute approximate surface area is 161 Å². The van der Waals surface area contributed by atoms with Gasteiger partial charge in [-0.25, -0.2) is 0 Å². The zero-order valence-electron chi connectivity index (χ0n) is 17.1. The SMILES string of the molecule is CCNC(=NCC(C)N1CCN(C)CC1)N1CCN(C(C)C(F)(F)F)CC1. The molecule has 0 aromatic heterocycles. The number of halogens is 3. The fourth-order valence-corrected chi connectivity index (χ4v) is 3.55. The van der Waals surface area contributed by atoms with Crippen molar-refractivity contribution in [2.45, 2.75) is 39.0 Å². The van der Waals surface area contributed by atoms with E-state index < -0.39 is 12.2 Å². The Hall–Kier alpha value is -1.06. The summed E-state index contributed by atoms with van der Waals surface area (Å²) in [6.45, 7) is 13.1. The van der Waals surface area contributed by atoms with Gasteiger partial charge in [-0.1, -0.05) is 0 Å². The van der Waals surface area contributed by atoms with Crippen LogP contribution in [0.4, 0.5) is 13.2 Å². The van der Waals surface area contributed by atoms with Crippen LogP contribution in [0.2, 0.25) is 0 Å². The van der Waals surface area contributed by atoms with Crippen LogP contribution in [0.5, 0.6) is 0 Å². The Morgan fingerprint density at radius 3 is 2.04 bits per heavy atom. The van der Waals surface area contributed by atoms with Gasteiger partial charge in [-0.05, 0) is 27.8 Å². The number of nitrogens with one attached hydrogen (secondary N) is 1. The van der Waals surface area contributed by atoms with Crippen LogP contribution in [0.3, 0.4) is 0 Å². The molecule has 1 N–H and O–H groups in total. The Morgan fingerprint density at radius 2 is 1.52 bits per heavy atom. The Kier molecular flexibility index (Phi) is 8.18. The standard InChI is InChI=1S/C18H35F3N6/c1-5-22-17(23-14-15(2)25-8-6-24(4)7-9-25)27-12-10-26(11-13-27)16(3)18(19,20)21/h15-16H,5-14H2,1-4H3,(H,22,23). The molecular formula is C18H35F3N6. The lowest BCUT2D eigenvalue weighted by molar-refractivity contribution is -0.181. The molecule has 0 aromatic carbocycles. The van der Waals surface area contributed by atoms with Crippen molar-refractivity contribution in [3.8, 4) is 0 Å². The highest BCUT2D eigenvalue weighted by Gasteiger charge is 2.41. The van der Waals surface area contributed by atoms with E-state index in [9.17, 15) is 13.2 Å². The molecule has 2 rings (SSSR count). The summed E-state index contributed by atoms with van der Waals surface area (Å²) in [5.41, 5.74) is 0. The average molecular weight is 393 g/mol. The molecule has 158 valence electrons. The fraction of sp³-hybridized carbons (Fsp3) is 0.944. The van der Waals surface area contributed by atoms with Crippen molar-refractivity contribution >= 4 is 5.96 Å². The third-order valence-electron chi connectivity index (χ3n) is 5.64. The summed E-state index contributed by atoms with van der Waals surface area (Å²) in [7, 11) is 2.14. The molecule has 2 saturated heterocycles. The van der Waals surface area contributed by atoms with Gasteiger partial charge in [-0.15, -0.1) is 0 Å². The first-order valence-electron chi connectivity index (χ1n) is 9.99. The van der Waals surface area contributed by atoms with E-state index in [4.69, 9.17) is 4.99 Å². The number of likely N-dealkylation sites (N-methyl/N-ethyl adjacent to an activating group) is 1. The van der Waals surface area contributed by atoms with E-state index in [2.05, 4.69) is 34.0 Å². The van der Waals surface area contributed by atoms with E-state index in [1.165, 1.54) is 11.8 Å². The van der Waals surface area contributed by atoms with E-state index in [0.717, 1.165) is 38.7 Å². The topological polar surface area (TPSA) is 37.4 Å². The monoisotopic (exact) mass is 392 g/mol. The summed E-state index contributed by atoms with van der Waals surface area (Å²) in [5, 5.41) is 3.30. The summed E-state index contributed by atoms with van der Waals surface area (Å²) in [4.78, 5) is 13.2. The van der Waals surface area contributed by atoms with Gasteiger partial charge in [-0.3, -0.25) is 14.8 Å². The number of hydrogen-bond donors (Lipinski definition) is 1. The molecule has 0 bridgehead atoms. The first-order chi connectivity index (χ1) is 12.7. The largest absolute Gasteiger partial charge is 0.403 e. The van der Waals surface area contributed by atoms with E-state index in [-0.39, 0.29) is 0 Å². The van der Waals surface area contributed by atoms with Crippen LogP contribution < -0.4 is 5.32 Å². The predicted molar refractivity (Wildman–Crippen MR) is 103 cm³/mol. The molecule has 6 nitrogen and oxygen atoms in total. The highest BCUT2D eigenvalue weighted by Crippen LogP contribution is 2.25. The van der Waals surface area contributed by atoms with Gasteiger partial charge in [0.15, 0.2) is 5.96 Å². The summed E-state index contributed by atoms with van der Waals surface area (Å²) < 4.78 is 38.8. The van der Waals surface area contributed by atoms with Crippen molar-refractivity contribution in [3.05, 3.63) is 0 Å². The molecule has 2 unspecified atom stereocenters. The molecule has 2 aliphatic heterocycles. The maximum Gasteiger partial charge on any atom is 0.403 e. The smallest absolute Gasteiger partial charge is 0.357 e. The maximum atomic E-state index is 12.9. The number of nitrogens with zero attached hydrogens (tertiary/aromatic N) is 5. The second-order valence-corrected chi connectivity index (χ2v) is 7.62. The van der Waals surface area contributed by atoms with Gasteiger partial charge in [0, 0.05) is 64.9 Å². The third kappa shape index (κ3) is 6.50. The zero-order valence-corrected chi connectivity index (χ0v) is 17.1. The van der Waals surface area contributed by atoms with Crippen molar-refractivity contribution in [2.24, 2.45) is 4.99 Å². The second-order valence-electron chi connectivity index (χ2n) is 7.62. The van der Waals surface area contributed by atoms with Crippen LogP contribution in [0.15, 0.2) is 4.99 Å². The summed E-state index contributed by atoms with van der Waals surface area (Å²) in [6.07, 6.45) is -4.17. The third-order valence-corrected chi connectivity index (χ3v) is 5.64. The molecule has 0 saturated carbocycles. The minimum absolute atomic E-state index is 0.360. The Morgan fingerprint density at radius 1 is 0.963 bits per heavy atom. The fourth-order valence-electron chi connectivity index (χ4n) is 3.55. The van der Waals surface area contributed by atoms with E-state index in [1.54, 1.807) is 0 Å². The van der Waals surface area contributed by atoms with Gasteiger partial charge >= 0.3 is 6.18 Å². The van der Waals surface area contributed by atoms with Crippen molar-refractivity contribution in [1.82, 2.24) is 24.9 Å². The van der Waals surface area contributed by atoms with Crippen molar-refractivity contribution < 1.29 is 13.2 Å². The highest BCUT2D eigenvalue weighted by atomic mass is 19.4. The molecule has 2 atom stereocenters. The van der Waals surface area contributed by atoms with Crippen LogP contribution in [0, 0.1) is 0 Å². The normalized spacial score (nSPS) is 24.1. The number of piperazine rings is 2. The van der Waals surface area contributed by atoms with Crippen LogP contribution in [0.1, 0.15) is 20.8 Å². The first kappa shape index (κ1) is 22.2. The number of alkyl halides is 3. The Balaban J connectivity index is 1.88. The van der Waals surface area contributed by atoms with Gasteiger partial charge in [0.05, 0.1) is 6.54 Å². The number of hydrogen-bond acceptors (Lipinski definition) is 4. The molecule has 2 aliphatic rings. The number of aliphatic imine (C=N–C) groups is 1. The minimum atomic E-state index is -4.17. The quantitative estimate of drug-likeness (QED) is 0.561. The van der Waals surface area contributed by atoms with E-state index in [1.807, 2.05) is 6.92 Å².